The molecule has 0 atom stereocenters. The summed E-state index contributed by atoms with van der Waals surface area (Å²) < 4.78 is 57.6. The van der Waals surface area contributed by atoms with Crippen LogP contribution in [0.4, 0.5) is 0 Å². The number of sulfonamides is 1. The van der Waals surface area contributed by atoms with E-state index in [0.717, 1.165) is 11.1 Å². The molecular weight excluding hydrogens is 442 g/mol. The predicted octanol–water partition coefficient (Wildman–Crippen LogP) is -0.267. The van der Waals surface area contributed by atoms with Gasteiger partial charge >= 0.3 is 0 Å². The average Bonchev–Trinajstić information content (AvgIpc) is 3.16. The number of rotatable bonds is 5. The first-order chi connectivity index (χ1) is 14.6. The first kappa shape index (κ1) is 22.0. The van der Waals surface area contributed by atoms with Crippen molar-refractivity contribution in [3.8, 4) is 0 Å². The van der Waals surface area contributed by atoms with Gasteiger partial charge in [0, 0.05) is 52.5 Å². The summed E-state index contributed by atoms with van der Waals surface area (Å²) in [6, 6.07) is 9.03. The highest BCUT2D eigenvalue weighted by molar-refractivity contribution is 7.89. The van der Waals surface area contributed by atoms with E-state index < -0.39 is 26.1 Å². The molecule has 1 aromatic heterocycles. The van der Waals surface area contributed by atoms with E-state index in [1.807, 2.05) is 24.3 Å². The molecular formula is C19H25N5O5S2. The molecule has 1 amide bonds. The molecule has 168 valence electrons. The first-order valence-electron chi connectivity index (χ1n) is 9.89. The van der Waals surface area contributed by atoms with Crippen LogP contribution in [-0.2, 0) is 40.2 Å². The van der Waals surface area contributed by atoms with E-state index in [1.165, 1.54) is 29.7 Å². The largest absolute Gasteiger partial charge is 0.364 e. The van der Waals surface area contributed by atoms with Crippen molar-refractivity contribution in [3.05, 3.63) is 53.3 Å². The Labute approximate surface area is 182 Å². The molecule has 2 aliphatic rings. The summed E-state index contributed by atoms with van der Waals surface area (Å²) in [4.78, 5) is 11.4. The van der Waals surface area contributed by atoms with Gasteiger partial charge in [-0.15, -0.1) is 0 Å². The lowest BCUT2D eigenvalue weighted by molar-refractivity contribution is 0.0992. The number of fused-ring (bicyclic) bond motifs is 1. The molecule has 2 aromatic rings. The minimum Gasteiger partial charge on any atom is -0.364 e. The van der Waals surface area contributed by atoms with Crippen molar-refractivity contribution in [3.63, 3.8) is 0 Å². The van der Waals surface area contributed by atoms with Gasteiger partial charge in [-0.3, -0.25) is 4.79 Å². The lowest BCUT2D eigenvalue weighted by Gasteiger charge is -2.37. The zero-order chi connectivity index (χ0) is 22.4. The van der Waals surface area contributed by atoms with Crippen molar-refractivity contribution in [1.82, 2.24) is 17.5 Å². The molecule has 1 fully saturated rings. The van der Waals surface area contributed by atoms with E-state index in [0.29, 0.717) is 19.5 Å². The summed E-state index contributed by atoms with van der Waals surface area (Å²) in [6.45, 7) is 0.915. The van der Waals surface area contributed by atoms with Crippen molar-refractivity contribution < 1.29 is 21.6 Å². The van der Waals surface area contributed by atoms with E-state index in [1.54, 1.807) is 7.05 Å². The fourth-order valence-electron chi connectivity index (χ4n) is 4.04. The SMILES string of the molecule is Cn1cc(S(=O)(=O)N2CCN(S(=O)(=O)N3CCc4ccccc4C3)CC2)cc1C(N)=O. The van der Waals surface area contributed by atoms with Crippen LogP contribution in [0.2, 0.25) is 0 Å². The van der Waals surface area contributed by atoms with E-state index in [9.17, 15) is 21.6 Å². The summed E-state index contributed by atoms with van der Waals surface area (Å²) >= 11 is 0. The Balaban J connectivity index is 1.46. The molecule has 12 heteroatoms. The van der Waals surface area contributed by atoms with Gasteiger partial charge in [0.1, 0.15) is 10.6 Å². The fraction of sp³-hybridized carbons (Fsp3) is 0.421. The van der Waals surface area contributed by atoms with Crippen LogP contribution in [0.1, 0.15) is 21.6 Å². The zero-order valence-electron chi connectivity index (χ0n) is 17.1. The molecule has 1 saturated heterocycles. The molecule has 0 saturated carbocycles. The van der Waals surface area contributed by atoms with Crippen LogP contribution in [0, 0.1) is 0 Å². The molecule has 3 heterocycles. The van der Waals surface area contributed by atoms with Crippen molar-refractivity contribution >= 4 is 26.1 Å². The van der Waals surface area contributed by atoms with Crippen molar-refractivity contribution in [2.75, 3.05) is 32.7 Å². The maximum Gasteiger partial charge on any atom is 0.282 e. The molecule has 0 aliphatic carbocycles. The maximum absolute atomic E-state index is 13.1. The third kappa shape index (κ3) is 4.01. The van der Waals surface area contributed by atoms with Gasteiger partial charge in [0.15, 0.2) is 0 Å². The van der Waals surface area contributed by atoms with Gasteiger partial charge < -0.3 is 10.3 Å². The van der Waals surface area contributed by atoms with Gasteiger partial charge in [-0.25, -0.2) is 8.42 Å². The summed E-state index contributed by atoms with van der Waals surface area (Å²) in [7, 11) is -6.01. The Morgan fingerprint density at radius 3 is 2.13 bits per heavy atom. The molecule has 0 bridgehead atoms. The third-order valence-electron chi connectivity index (χ3n) is 5.82. The Bertz CT molecular complexity index is 1210. The van der Waals surface area contributed by atoms with Gasteiger partial charge in [0.25, 0.3) is 16.1 Å². The minimum atomic E-state index is -3.86. The highest BCUT2D eigenvalue weighted by Crippen LogP contribution is 2.25. The Kier molecular flexibility index (Phi) is 5.68. The molecule has 0 unspecified atom stereocenters. The number of nitrogens with two attached hydrogens (primary N) is 1. The van der Waals surface area contributed by atoms with E-state index >= 15 is 0 Å². The van der Waals surface area contributed by atoms with E-state index in [2.05, 4.69) is 0 Å². The standard InChI is InChI=1S/C19H25N5O5S2/c1-21-14-17(12-18(21)19(20)25)30(26,27)22-8-10-23(11-9-22)31(28,29)24-7-6-15-4-2-3-5-16(15)13-24/h2-5,12,14H,6-11,13H2,1H3,(H2,20,25). The lowest BCUT2D eigenvalue weighted by atomic mass is 10.0. The number of nitrogens with zero attached hydrogens (tertiary/aromatic N) is 4. The summed E-state index contributed by atoms with van der Waals surface area (Å²) in [5, 5.41) is 0. The van der Waals surface area contributed by atoms with Crippen LogP contribution in [0.15, 0.2) is 41.4 Å². The van der Waals surface area contributed by atoms with Crippen LogP contribution in [0.5, 0.6) is 0 Å². The Morgan fingerprint density at radius 2 is 1.52 bits per heavy atom. The van der Waals surface area contributed by atoms with E-state index in [-0.39, 0.29) is 36.8 Å². The number of amides is 1. The summed E-state index contributed by atoms with van der Waals surface area (Å²) in [5.41, 5.74) is 7.51. The maximum atomic E-state index is 13.1. The number of benzene rings is 1. The normalized spacial score (nSPS) is 19.3. The number of hydrogen-bond acceptors (Lipinski definition) is 5. The van der Waals surface area contributed by atoms with Gasteiger partial charge in [-0.05, 0) is 23.6 Å². The number of aromatic nitrogens is 1. The summed E-state index contributed by atoms with van der Waals surface area (Å²) in [6.07, 6.45) is 1.99. The number of aryl methyl sites for hydroxylation is 1. The lowest BCUT2D eigenvalue weighted by Crippen LogP contribution is -2.54. The highest BCUT2D eigenvalue weighted by Gasteiger charge is 2.37. The number of primary amides is 1. The molecule has 4 rings (SSSR count). The van der Waals surface area contributed by atoms with E-state index in [4.69, 9.17) is 5.73 Å². The molecule has 1 aromatic carbocycles. The monoisotopic (exact) mass is 467 g/mol. The second-order valence-corrected chi connectivity index (χ2v) is 11.6. The van der Waals surface area contributed by atoms with Crippen LogP contribution < -0.4 is 5.73 Å². The molecule has 2 aliphatic heterocycles. The average molecular weight is 468 g/mol. The van der Waals surface area contributed by atoms with Gasteiger partial charge in [0.2, 0.25) is 10.0 Å². The zero-order valence-corrected chi connectivity index (χ0v) is 18.8. The number of carbonyl (C=O) groups is 1. The first-order valence-corrected chi connectivity index (χ1v) is 12.7. The smallest absolute Gasteiger partial charge is 0.282 e. The minimum absolute atomic E-state index is 0.0345. The Hall–Kier alpha value is -2.25. The molecule has 31 heavy (non-hydrogen) atoms. The highest BCUT2D eigenvalue weighted by atomic mass is 32.2. The van der Waals surface area contributed by atoms with Crippen molar-refractivity contribution in [2.24, 2.45) is 12.8 Å². The topological polar surface area (TPSA) is 126 Å². The van der Waals surface area contributed by atoms with Crippen LogP contribution in [0.25, 0.3) is 0 Å². The van der Waals surface area contributed by atoms with Crippen molar-refractivity contribution in [2.45, 2.75) is 17.9 Å². The Morgan fingerprint density at radius 1 is 0.903 bits per heavy atom. The molecule has 10 nitrogen and oxygen atoms in total. The number of carbonyl (C=O) groups excluding carboxylic acids is 1. The van der Waals surface area contributed by atoms with Gasteiger partial charge in [0.05, 0.1) is 0 Å². The second kappa shape index (κ2) is 8.02. The summed E-state index contributed by atoms with van der Waals surface area (Å²) in [5.74, 6) is -0.719. The third-order valence-corrected chi connectivity index (χ3v) is 9.66. The molecule has 2 N–H and O–H groups in total. The quantitative estimate of drug-likeness (QED) is 0.648. The predicted molar refractivity (Wildman–Crippen MR) is 114 cm³/mol. The van der Waals surface area contributed by atoms with Gasteiger partial charge in [-0.1, -0.05) is 24.3 Å². The van der Waals surface area contributed by atoms with Crippen LogP contribution >= 0.6 is 0 Å². The van der Waals surface area contributed by atoms with Crippen LogP contribution in [-0.4, -0.2) is 72.9 Å². The fourth-order valence-corrected chi connectivity index (χ4v) is 7.11. The van der Waals surface area contributed by atoms with Crippen LogP contribution in [0.3, 0.4) is 0 Å². The second-order valence-electron chi connectivity index (χ2n) is 7.70. The number of piperazine rings is 1. The molecule has 0 spiro atoms. The van der Waals surface area contributed by atoms with Crippen molar-refractivity contribution in [1.29, 1.82) is 0 Å². The molecule has 0 radical (unpaired) electrons. The van der Waals surface area contributed by atoms with Gasteiger partial charge in [-0.2, -0.15) is 21.3 Å². The number of hydrogen-bond donors (Lipinski definition) is 1.